The zero-order valence-electron chi connectivity index (χ0n) is 22.2. The molecule has 0 spiro atoms. The first-order valence-corrected chi connectivity index (χ1v) is 12.1. The molecule has 0 saturated carbocycles. The summed E-state index contributed by atoms with van der Waals surface area (Å²) >= 11 is 0. The van der Waals surface area contributed by atoms with Crippen molar-refractivity contribution in [2.75, 3.05) is 5.32 Å². The average Bonchev–Trinajstić information content (AvgIpc) is 3.29. The molecule has 3 N–H and O–H groups in total. The van der Waals surface area contributed by atoms with Gasteiger partial charge in [0.1, 0.15) is 11.9 Å². The fraction of sp³-hybridized carbons (Fsp3) is 0.393. The van der Waals surface area contributed by atoms with Crippen LogP contribution in [0.3, 0.4) is 0 Å². The van der Waals surface area contributed by atoms with Gasteiger partial charge in [-0.15, -0.1) is 0 Å². The van der Waals surface area contributed by atoms with Crippen LogP contribution in [0.15, 0.2) is 60.7 Å². The van der Waals surface area contributed by atoms with Crippen LogP contribution in [0.4, 0.5) is 19.0 Å². The fourth-order valence-corrected chi connectivity index (χ4v) is 3.89. The lowest BCUT2D eigenvalue weighted by atomic mass is 9.82. The second-order valence-electron chi connectivity index (χ2n) is 10.7. The van der Waals surface area contributed by atoms with Crippen molar-refractivity contribution < 1.29 is 27.9 Å². The van der Waals surface area contributed by atoms with Crippen molar-refractivity contribution in [3.63, 3.8) is 0 Å². The van der Waals surface area contributed by atoms with Gasteiger partial charge < -0.3 is 15.7 Å². The Bertz CT molecular complexity index is 1280. The Balaban J connectivity index is 1.76. The van der Waals surface area contributed by atoms with Crippen LogP contribution in [-0.4, -0.2) is 32.7 Å². The van der Waals surface area contributed by atoms with E-state index in [0.717, 1.165) is 35.5 Å². The van der Waals surface area contributed by atoms with E-state index in [-0.39, 0.29) is 5.56 Å². The average molecular weight is 531 g/mol. The minimum atomic E-state index is -4.53. The lowest BCUT2D eigenvalue weighted by molar-refractivity contribution is -0.137. The van der Waals surface area contributed by atoms with E-state index in [1.54, 1.807) is 10.7 Å². The van der Waals surface area contributed by atoms with Crippen molar-refractivity contribution in [3.8, 4) is 0 Å². The lowest BCUT2D eigenvalue weighted by Gasteiger charge is -2.25. The molecule has 3 rings (SSSR count). The molecular weight excluding hydrogens is 497 g/mol. The zero-order valence-corrected chi connectivity index (χ0v) is 22.2. The van der Waals surface area contributed by atoms with E-state index < -0.39 is 46.7 Å². The van der Waals surface area contributed by atoms with E-state index in [9.17, 15) is 27.9 Å². The number of benzene rings is 2. The summed E-state index contributed by atoms with van der Waals surface area (Å²) in [6.45, 7) is 11.4. The van der Waals surface area contributed by atoms with Crippen molar-refractivity contribution in [3.05, 3.63) is 83.0 Å². The minimum Gasteiger partial charge on any atom is -0.378 e. The Labute approximate surface area is 220 Å². The van der Waals surface area contributed by atoms with Gasteiger partial charge in [-0.1, -0.05) is 56.3 Å². The van der Waals surface area contributed by atoms with Gasteiger partial charge >= 0.3 is 6.18 Å². The fourth-order valence-electron chi connectivity index (χ4n) is 3.89. The Morgan fingerprint density at radius 1 is 0.895 bits per heavy atom. The summed E-state index contributed by atoms with van der Waals surface area (Å²) in [4.78, 5) is 25.5. The molecule has 0 aliphatic heterocycles. The van der Waals surface area contributed by atoms with Crippen molar-refractivity contribution in [2.45, 2.75) is 70.8 Å². The van der Waals surface area contributed by atoms with Crippen LogP contribution in [0.2, 0.25) is 0 Å². The second kappa shape index (κ2) is 10.6. The van der Waals surface area contributed by atoms with Crippen LogP contribution in [0.5, 0.6) is 0 Å². The highest BCUT2D eigenvalue weighted by atomic mass is 19.4. The van der Waals surface area contributed by atoms with Gasteiger partial charge in [0.15, 0.2) is 6.10 Å². The molecular formula is C28H33F3N4O3. The number of alkyl halides is 3. The van der Waals surface area contributed by atoms with Crippen molar-refractivity contribution >= 4 is 17.6 Å². The normalized spacial score (nSPS) is 14.1. The van der Waals surface area contributed by atoms with Crippen molar-refractivity contribution in [1.29, 1.82) is 0 Å². The highest BCUT2D eigenvalue weighted by Gasteiger charge is 2.32. The number of nitrogens with one attached hydrogen (secondary N) is 2. The Morgan fingerprint density at radius 2 is 1.47 bits per heavy atom. The first kappa shape index (κ1) is 28.9. The molecule has 38 heavy (non-hydrogen) atoms. The summed E-state index contributed by atoms with van der Waals surface area (Å²) in [6, 6.07) is 14.2. The molecule has 0 radical (unpaired) electrons. The molecule has 204 valence electrons. The van der Waals surface area contributed by atoms with E-state index in [1.165, 1.54) is 6.92 Å². The molecule has 0 aliphatic rings. The monoisotopic (exact) mass is 530 g/mol. The second-order valence-corrected chi connectivity index (χ2v) is 10.7. The largest absolute Gasteiger partial charge is 0.416 e. The van der Waals surface area contributed by atoms with Gasteiger partial charge in [-0.05, 0) is 51.0 Å². The third-order valence-electron chi connectivity index (χ3n) is 6.29. The highest BCUT2D eigenvalue weighted by Crippen LogP contribution is 2.34. The van der Waals surface area contributed by atoms with E-state index in [2.05, 4.69) is 10.6 Å². The molecule has 1 heterocycles. The SMILES string of the molecule is C[C@H](NC(=O)[C@@H](O)c1ccc(C(F)(F)F)cc1)C(=O)Nc1cc(C(C)(C)c2ccccc2)nn1C(C)(C)C. The molecule has 1 aromatic heterocycles. The Hall–Kier alpha value is -3.66. The number of halogens is 3. The van der Waals surface area contributed by atoms with Crippen molar-refractivity contribution in [1.82, 2.24) is 15.1 Å². The first-order valence-electron chi connectivity index (χ1n) is 12.1. The zero-order chi connectivity index (χ0) is 28.5. The molecule has 0 unspecified atom stereocenters. The summed E-state index contributed by atoms with van der Waals surface area (Å²) in [5.41, 5.74) is -0.0620. The molecule has 2 amide bonds. The number of aliphatic hydroxyl groups is 1. The van der Waals surface area contributed by atoms with Gasteiger partial charge in [0.05, 0.1) is 16.8 Å². The number of hydrogen-bond acceptors (Lipinski definition) is 4. The van der Waals surface area contributed by atoms with Gasteiger partial charge in [-0.2, -0.15) is 18.3 Å². The summed E-state index contributed by atoms with van der Waals surface area (Å²) in [5.74, 6) is -1.03. The number of amides is 2. The molecule has 10 heteroatoms. The topological polar surface area (TPSA) is 96.2 Å². The van der Waals surface area contributed by atoms with Crippen LogP contribution >= 0.6 is 0 Å². The van der Waals surface area contributed by atoms with Crippen LogP contribution in [0.1, 0.15) is 70.0 Å². The molecule has 0 aliphatic carbocycles. The Morgan fingerprint density at radius 3 is 2.00 bits per heavy atom. The Kier molecular flexibility index (Phi) is 8.07. The van der Waals surface area contributed by atoms with E-state index >= 15 is 0 Å². The van der Waals surface area contributed by atoms with Crippen LogP contribution in [-0.2, 0) is 26.7 Å². The minimum absolute atomic E-state index is 0.0262. The molecule has 2 atom stereocenters. The van der Waals surface area contributed by atoms with Crippen LogP contribution in [0.25, 0.3) is 0 Å². The maximum atomic E-state index is 13.0. The molecule has 2 aromatic carbocycles. The summed E-state index contributed by atoms with van der Waals surface area (Å²) in [7, 11) is 0. The van der Waals surface area contributed by atoms with Gasteiger partial charge in [-0.25, -0.2) is 4.68 Å². The third kappa shape index (κ3) is 6.42. The number of hydrogen-bond donors (Lipinski definition) is 3. The third-order valence-corrected chi connectivity index (χ3v) is 6.29. The number of anilines is 1. The van der Waals surface area contributed by atoms with Crippen LogP contribution < -0.4 is 10.6 Å². The number of carbonyl (C=O) groups excluding carboxylic acids is 2. The number of rotatable bonds is 7. The summed E-state index contributed by atoms with van der Waals surface area (Å²) in [5, 5.41) is 20.3. The molecule has 0 fully saturated rings. The lowest BCUT2D eigenvalue weighted by Crippen LogP contribution is -2.44. The quantitative estimate of drug-likeness (QED) is 0.393. The predicted molar refractivity (Wildman–Crippen MR) is 138 cm³/mol. The maximum Gasteiger partial charge on any atom is 0.416 e. The van der Waals surface area contributed by atoms with E-state index in [0.29, 0.717) is 5.82 Å². The molecule has 0 saturated heterocycles. The van der Waals surface area contributed by atoms with E-state index in [4.69, 9.17) is 5.10 Å². The standard InChI is InChI=1S/C28H33F3N4O3/c1-17(32-25(38)23(36)18-12-14-20(15-13-18)28(29,30)31)24(37)33-22-16-21(34-35(22)26(2,3)4)27(5,6)19-10-8-7-9-11-19/h7-17,23,36H,1-6H3,(H,32,38)(H,33,37)/t17-,23-/m0/s1. The van der Waals surface area contributed by atoms with E-state index in [1.807, 2.05) is 65.0 Å². The number of carbonyl (C=O) groups is 2. The highest BCUT2D eigenvalue weighted by molar-refractivity contribution is 5.97. The van der Waals surface area contributed by atoms with Crippen LogP contribution in [0, 0.1) is 0 Å². The van der Waals surface area contributed by atoms with Gasteiger partial charge in [0, 0.05) is 11.5 Å². The number of aliphatic hydroxyl groups excluding tert-OH is 1. The molecule has 7 nitrogen and oxygen atoms in total. The first-order chi connectivity index (χ1) is 17.5. The number of aromatic nitrogens is 2. The van der Waals surface area contributed by atoms with Gasteiger partial charge in [-0.3, -0.25) is 9.59 Å². The van der Waals surface area contributed by atoms with Gasteiger partial charge in [0.25, 0.3) is 5.91 Å². The smallest absolute Gasteiger partial charge is 0.378 e. The summed E-state index contributed by atoms with van der Waals surface area (Å²) in [6.07, 6.45) is -6.28. The molecule has 3 aromatic rings. The predicted octanol–water partition coefficient (Wildman–Crippen LogP) is 5.16. The summed E-state index contributed by atoms with van der Waals surface area (Å²) < 4.78 is 40.1. The maximum absolute atomic E-state index is 13.0. The van der Waals surface area contributed by atoms with Crippen molar-refractivity contribution in [2.24, 2.45) is 0 Å². The molecule has 0 bridgehead atoms. The number of nitrogens with zero attached hydrogens (tertiary/aromatic N) is 2. The van der Waals surface area contributed by atoms with Gasteiger partial charge in [0.2, 0.25) is 5.91 Å².